The number of aromatic nitrogens is 1. The summed E-state index contributed by atoms with van der Waals surface area (Å²) in [6.07, 6.45) is -3.25. The summed E-state index contributed by atoms with van der Waals surface area (Å²) < 4.78 is 44.6. The number of hydrogen-bond acceptors (Lipinski definition) is 4. The molecule has 1 amide bonds. The standard InChI is InChI=1S/C19H13F3N2O3.C6H6O/c20-19(21,22)12-6-7-15(16(10-12)27-14-4-2-1-3-5-14)18(26)24-13-8-9-23-17(25)11-13;7-6-4-2-1-3-5-6/h1-11H,(H2,23,24,25,26);1-5,7H. The van der Waals surface area contributed by atoms with Crippen molar-refractivity contribution in [2.75, 3.05) is 5.32 Å². The van der Waals surface area contributed by atoms with Gasteiger partial charge < -0.3 is 20.1 Å². The second-order valence-electron chi connectivity index (χ2n) is 6.86. The largest absolute Gasteiger partial charge is 0.508 e. The van der Waals surface area contributed by atoms with Crippen LogP contribution in [0.5, 0.6) is 17.2 Å². The van der Waals surface area contributed by atoms with Crippen molar-refractivity contribution in [2.45, 2.75) is 6.18 Å². The van der Waals surface area contributed by atoms with E-state index in [1.165, 1.54) is 12.3 Å². The number of ether oxygens (including phenoxy) is 1. The molecule has 0 bridgehead atoms. The van der Waals surface area contributed by atoms with E-state index in [2.05, 4.69) is 10.3 Å². The predicted octanol–water partition coefficient (Wildman–Crippen LogP) is 5.83. The van der Waals surface area contributed by atoms with E-state index < -0.39 is 23.2 Å². The van der Waals surface area contributed by atoms with E-state index in [9.17, 15) is 22.8 Å². The van der Waals surface area contributed by atoms with Gasteiger partial charge in [0.25, 0.3) is 5.91 Å². The number of benzene rings is 3. The molecular formula is C25H19F3N2O4. The molecule has 1 aromatic heterocycles. The van der Waals surface area contributed by atoms with Crippen LogP contribution in [0.15, 0.2) is 102 Å². The minimum atomic E-state index is -4.59. The highest BCUT2D eigenvalue weighted by Gasteiger charge is 2.32. The zero-order valence-corrected chi connectivity index (χ0v) is 17.5. The lowest BCUT2D eigenvalue weighted by Crippen LogP contribution is -2.16. The molecule has 0 unspecified atom stereocenters. The molecule has 3 N–H and O–H groups in total. The third-order valence-electron chi connectivity index (χ3n) is 4.31. The number of halogens is 3. The number of aromatic hydroxyl groups is 1. The first kappa shape index (κ1) is 24.1. The highest BCUT2D eigenvalue weighted by atomic mass is 19.4. The van der Waals surface area contributed by atoms with Crippen LogP contribution >= 0.6 is 0 Å². The highest BCUT2D eigenvalue weighted by molar-refractivity contribution is 6.06. The smallest absolute Gasteiger partial charge is 0.416 e. The molecule has 6 nitrogen and oxygen atoms in total. The van der Waals surface area contributed by atoms with Gasteiger partial charge in [0.05, 0.1) is 11.1 Å². The number of anilines is 1. The number of amides is 1. The number of nitrogens with one attached hydrogen (secondary N) is 2. The summed E-state index contributed by atoms with van der Waals surface area (Å²) in [6, 6.07) is 22.0. The molecule has 4 rings (SSSR count). The normalized spacial score (nSPS) is 10.6. The topological polar surface area (TPSA) is 91.4 Å². The fraction of sp³-hybridized carbons (Fsp3) is 0.0400. The summed E-state index contributed by atoms with van der Waals surface area (Å²) in [5.41, 5.74) is -1.27. The Hall–Kier alpha value is -4.53. The zero-order valence-electron chi connectivity index (χ0n) is 17.5. The van der Waals surface area contributed by atoms with Gasteiger partial charge in [-0.1, -0.05) is 36.4 Å². The lowest BCUT2D eigenvalue weighted by Gasteiger charge is -2.14. The minimum Gasteiger partial charge on any atom is -0.508 e. The van der Waals surface area contributed by atoms with Crippen molar-refractivity contribution in [1.29, 1.82) is 0 Å². The van der Waals surface area contributed by atoms with Gasteiger partial charge in [0.1, 0.15) is 17.2 Å². The molecule has 4 aromatic rings. The number of pyridine rings is 1. The van der Waals surface area contributed by atoms with Crippen molar-refractivity contribution in [3.05, 3.63) is 119 Å². The number of phenolic OH excluding ortho intramolecular Hbond substituents is 1. The number of phenols is 1. The fourth-order valence-electron chi connectivity index (χ4n) is 2.73. The molecule has 9 heteroatoms. The SMILES string of the molecule is O=C(Nc1cc[nH]c(=O)c1)c1ccc(C(F)(F)F)cc1Oc1ccccc1.Oc1ccccc1. The van der Waals surface area contributed by atoms with Crippen molar-refractivity contribution in [3.8, 4) is 17.2 Å². The Balaban J connectivity index is 0.000000396. The average molecular weight is 468 g/mol. The molecule has 1 heterocycles. The third-order valence-corrected chi connectivity index (χ3v) is 4.31. The second kappa shape index (κ2) is 10.9. The maximum atomic E-state index is 13.0. The fourth-order valence-corrected chi connectivity index (χ4v) is 2.73. The van der Waals surface area contributed by atoms with Gasteiger partial charge >= 0.3 is 6.18 Å². The van der Waals surface area contributed by atoms with Crippen molar-refractivity contribution in [3.63, 3.8) is 0 Å². The van der Waals surface area contributed by atoms with E-state index in [0.717, 1.165) is 24.3 Å². The van der Waals surface area contributed by atoms with Crippen LogP contribution in [-0.2, 0) is 6.18 Å². The average Bonchev–Trinajstić information content (AvgIpc) is 2.80. The van der Waals surface area contributed by atoms with Crippen LogP contribution in [0.1, 0.15) is 15.9 Å². The summed E-state index contributed by atoms with van der Waals surface area (Å²) in [4.78, 5) is 26.2. The summed E-state index contributed by atoms with van der Waals surface area (Å²) in [5.74, 6) is -0.358. The number of carbonyl (C=O) groups is 1. The van der Waals surface area contributed by atoms with Gasteiger partial charge in [-0.05, 0) is 48.5 Å². The van der Waals surface area contributed by atoms with Crippen molar-refractivity contribution >= 4 is 11.6 Å². The van der Waals surface area contributed by atoms with Crippen molar-refractivity contribution in [2.24, 2.45) is 0 Å². The van der Waals surface area contributed by atoms with Crippen LogP contribution in [0.4, 0.5) is 18.9 Å². The number of para-hydroxylation sites is 2. The van der Waals surface area contributed by atoms with Crippen LogP contribution < -0.4 is 15.6 Å². The van der Waals surface area contributed by atoms with E-state index >= 15 is 0 Å². The second-order valence-corrected chi connectivity index (χ2v) is 6.86. The Morgan fingerprint density at radius 3 is 2.09 bits per heavy atom. The number of carbonyl (C=O) groups excluding carboxylic acids is 1. The van der Waals surface area contributed by atoms with Gasteiger partial charge in [-0.3, -0.25) is 9.59 Å². The van der Waals surface area contributed by atoms with E-state index in [1.807, 2.05) is 6.07 Å². The monoisotopic (exact) mass is 468 g/mol. The maximum Gasteiger partial charge on any atom is 0.416 e. The Kier molecular flexibility index (Phi) is 7.71. The summed E-state index contributed by atoms with van der Waals surface area (Å²) >= 11 is 0. The molecule has 3 aromatic carbocycles. The van der Waals surface area contributed by atoms with E-state index in [1.54, 1.807) is 54.6 Å². The zero-order chi connectivity index (χ0) is 24.6. The predicted molar refractivity (Wildman–Crippen MR) is 121 cm³/mol. The first-order valence-electron chi connectivity index (χ1n) is 9.90. The molecule has 0 saturated heterocycles. The van der Waals surface area contributed by atoms with Crippen LogP contribution in [0.3, 0.4) is 0 Å². The molecule has 0 aliphatic rings. The van der Waals surface area contributed by atoms with E-state index in [-0.39, 0.29) is 22.7 Å². The number of H-pyrrole nitrogens is 1. The lowest BCUT2D eigenvalue weighted by atomic mass is 10.1. The van der Waals surface area contributed by atoms with Crippen LogP contribution in [0, 0.1) is 0 Å². The number of hydrogen-bond donors (Lipinski definition) is 3. The number of alkyl halides is 3. The molecule has 0 fully saturated rings. The van der Waals surface area contributed by atoms with Crippen molar-refractivity contribution < 1.29 is 27.8 Å². The highest BCUT2D eigenvalue weighted by Crippen LogP contribution is 2.35. The van der Waals surface area contributed by atoms with E-state index in [4.69, 9.17) is 9.84 Å². The maximum absolute atomic E-state index is 13.0. The molecule has 0 radical (unpaired) electrons. The van der Waals surface area contributed by atoms with Crippen LogP contribution in [0.2, 0.25) is 0 Å². The van der Waals surface area contributed by atoms with Gasteiger partial charge in [-0.25, -0.2) is 0 Å². The Labute approximate surface area is 192 Å². The molecular weight excluding hydrogens is 449 g/mol. The Morgan fingerprint density at radius 1 is 0.882 bits per heavy atom. The number of aromatic amines is 1. The summed E-state index contributed by atoms with van der Waals surface area (Å²) in [6.45, 7) is 0. The molecule has 0 saturated carbocycles. The van der Waals surface area contributed by atoms with Gasteiger partial charge in [0, 0.05) is 18.0 Å². The van der Waals surface area contributed by atoms with Crippen LogP contribution in [-0.4, -0.2) is 16.0 Å². The molecule has 0 atom stereocenters. The quantitative estimate of drug-likeness (QED) is 0.351. The van der Waals surface area contributed by atoms with Gasteiger partial charge in [0.15, 0.2) is 0 Å². The van der Waals surface area contributed by atoms with E-state index in [0.29, 0.717) is 5.75 Å². The van der Waals surface area contributed by atoms with Gasteiger partial charge in [-0.15, -0.1) is 0 Å². The molecule has 174 valence electrons. The molecule has 0 aliphatic carbocycles. The Bertz CT molecular complexity index is 1290. The van der Waals surface area contributed by atoms with Gasteiger partial charge in [-0.2, -0.15) is 13.2 Å². The molecule has 0 spiro atoms. The molecule has 0 aliphatic heterocycles. The van der Waals surface area contributed by atoms with Gasteiger partial charge in [0.2, 0.25) is 5.56 Å². The first-order chi connectivity index (χ1) is 16.2. The minimum absolute atomic E-state index is 0.105. The Morgan fingerprint density at radius 2 is 1.53 bits per heavy atom. The summed E-state index contributed by atoms with van der Waals surface area (Å²) in [5, 5.41) is 11.1. The third kappa shape index (κ3) is 6.99. The summed E-state index contributed by atoms with van der Waals surface area (Å²) in [7, 11) is 0. The number of rotatable bonds is 4. The van der Waals surface area contributed by atoms with Crippen LogP contribution in [0.25, 0.3) is 0 Å². The van der Waals surface area contributed by atoms with Crippen molar-refractivity contribution in [1.82, 2.24) is 4.98 Å². The molecule has 34 heavy (non-hydrogen) atoms. The first-order valence-corrected chi connectivity index (χ1v) is 9.90. The lowest BCUT2D eigenvalue weighted by molar-refractivity contribution is -0.137.